The number of aromatic nitrogens is 1. The van der Waals surface area contributed by atoms with Gasteiger partial charge in [-0.1, -0.05) is 39.0 Å². The summed E-state index contributed by atoms with van der Waals surface area (Å²) in [6.07, 6.45) is 4.43. The van der Waals surface area contributed by atoms with Crippen molar-refractivity contribution in [1.82, 2.24) is 4.57 Å². The van der Waals surface area contributed by atoms with Gasteiger partial charge in [0.05, 0.1) is 0 Å². The number of nitrogens with zero attached hydrogens (tertiary/aromatic N) is 1. The molecule has 0 amide bonds. The monoisotopic (exact) mass is 244 g/mol. The summed E-state index contributed by atoms with van der Waals surface area (Å²) in [4.78, 5) is 0. The molecule has 0 atom stereocenters. The van der Waals surface area contributed by atoms with E-state index in [1.807, 2.05) is 0 Å². The molecule has 2 N–H and O–H groups in total. The molecule has 0 saturated heterocycles. The maximum absolute atomic E-state index is 5.69. The minimum atomic E-state index is 0.374. The molecule has 0 aliphatic heterocycles. The number of benzene rings is 1. The maximum Gasteiger partial charge on any atom is 0.0483 e. The average molecular weight is 244 g/mol. The van der Waals surface area contributed by atoms with E-state index in [2.05, 4.69) is 55.8 Å². The van der Waals surface area contributed by atoms with Crippen molar-refractivity contribution in [2.24, 2.45) is 11.1 Å². The van der Waals surface area contributed by atoms with E-state index in [1.54, 1.807) is 0 Å². The van der Waals surface area contributed by atoms with Gasteiger partial charge in [0.25, 0.3) is 0 Å². The fourth-order valence-corrected chi connectivity index (χ4v) is 2.32. The third kappa shape index (κ3) is 2.94. The highest BCUT2D eigenvalue weighted by Crippen LogP contribution is 2.25. The van der Waals surface area contributed by atoms with Gasteiger partial charge in [0, 0.05) is 23.6 Å². The number of nitrogens with two attached hydrogens (primary N) is 1. The molecule has 0 spiro atoms. The number of hydrogen-bond acceptors (Lipinski definition) is 1. The van der Waals surface area contributed by atoms with Crippen LogP contribution in [0, 0.1) is 5.41 Å². The molecule has 1 heterocycles. The van der Waals surface area contributed by atoms with E-state index in [4.69, 9.17) is 5.73 Å². The molecule has 2 rings (SSSR count). The summed E-state index contributed by atoms with van der Waals surface area (Å²) in [5.41, 5.74) is 8.78. The second kappa shape index (κ2) is 5.15. The van der Waals surface area contributed by atoms with Crippen LogP contribution in [0.5, 0.6) is 0 Å². The van der Waals surface area contributed by atoms with Crippen LogP contribution >= 0.6 is 0 Å². The first-order valence-corrected chi connectivity index (χ1v) is 6.78. The van der Waals surface area contributed by atoms with Crippen molar-refractivity contribution in [3.63, 3.8) is 0 Å². The Kier molecular flexibility index (Phi) is 3.76. The van der Waals surface area contributed by atoms with E-state index >= 15 is 0 Å². The smallest absolute Gasteiger partial charge is 0.0483 e. The van der Waals surface area contributed by atoms with Crippen molar-refractivity contribution in [2.45, 2.75) is 40.2 Å². The fourth-order valence-electron chi connectivity index (χ4n) is 2.32. The molecule has 18 heavy (non-hydrogen) atoms. The van der Waals surface area contributed by atoms with Crippen LogP contribution < -0.4 is 5.73 Å². The molecule has 0 aliphatic rings. The van der Waals surface area contributed by atoms with Gasteiger partial charge in [0.15, 0.2) is 0 Å². The van der Waals surface area contributed by atoms with Crippen molar-refractivity contribution in [2.75, 3.05) is 6.54 Å². The molecule has 0 fully saturated rings. The quantitative estimate of drug-likeness (QED) is 0.875. The Morgan fingerprint density at radius 3 is 2.56 bits per heavy atom. The van der Waals surface area contributed by atoms with Crippen LogP contribution in [0.2, 0.25) is 0 Å². The lowest BCUT2D eigenvalue weighted by molar-refractivity contribution is 0.353. The van der Waals surface area contributed by atoms with Crippen LogP contribution in [-0.4, -0.2) is 11.1 Å². The van der Waals surface area contributed by atoms with Crippen LogP contribution in [0.4, 0.5) is 0 Å². The Hall–Kier alpha value is -1.28. The first-order chi connectivity index (χ1) is 8.51. The SMILES string of the molecule is CC(C)(C)CCn1cc(CCN)c2ccccc21. The van der Waals surface area contributed by atoms with Gasteiger partial charge >= 0.3 is 0 Å². The van der Waals surface area contributed by atoms with E-state index in [-0.39, 0.29) is 0 Å². The van der Waals surface area contributed by atoms with Crippen molar-refractivity contribution in [3.05, 3.63) is 36.0 Å². The number of fused-ring (bicyclic) bond motifs is 1. The van der Waals surface area contributed by atoms with Gasteiger partial charge in [0.1, 0.15) is 0 Å². The van der Waals surface area contributed by atoms with Gasteiger partial charge in [-0.3, -0.25) is 0 Å². The number of aryl methyl sites for hydroxylation is 1. The normalized spacial score (nSPS) is 12.2. The van der Waals surface area contributed by atoms with Crippen LogP contribution in [0.25, 0.3) is 10.9 Å². The molecule has 1 aromatic carbocycles. The highest BCUT2D eigenvalue weighted by Gasteiger charge is 2.12. The average Bonchev–Trinajstić information content (AvgIpc) is 2.65. The lowest BCUT2D eigenvalue weighted by atomic mass is 9.92. The summed E-state index contributed by atoms with van der Waals surface area (Å²) in [5.74, 6) is 0. The summed E-state index contributed by atoms with van der Waals surface area (Å²) >= 11 is 0. The number of para-hydroxylation sites is 1. The summed E-state index contributed by atoms with van der Waals surface area (Å²) in [5, 5.41) is 1.36. The fraction of sp³-hybridized carbons (Fsp3) is 0.500. The van der Waals surface area contributed by atoms with Gasteiger partial charge in [-0.25, -0.2) is 0 Å². The molecular formula is C16H24N2. The zero-order valence-electron chi connectivity index (χ0n) is 11.7. The van der Waals surface area contributed by atoms with Crippen LogP contribution in [0.15, 0.2) is 30.5 Å². The summed E-state index contributed by atoms with van der Waals surface area (Å²) < 4.78 is 2.38. The lowest BCUT2D eigenvalue weighted by Crippen LogP contribution is -2.09. The van der Waals surface area contributed by atoms with Crippen LogP contribution in [0.1, 0.15) is 32.8 Å². The molecule has 0 aliphatic carbocycles. The number of rotatable bonds is 4. The Morgan fingerprint density at radius 1 is 1.17 bits per heavy atom. The molecule has 1 aromatic heterocycles. The summed E-state index contributed by atoms with van der Waals surface area (Å²) in [6, 6.07) is 8.63. The first-order valence-electron chi connectivity index (χ1n) is 6.78. The van der Waals surface area contributed by atoms with E-state index in [0.717, 1.165) is 13.0 Å². The predicted octanol–water partition coefficient (Wildman–Crippen LogP) is 3.58. The molecule has 98 valence electrons. The Bertz CT molecular complexity index is 517. The lowest BCUT2D eigenvalue weighted by Gasteiger charge is -2.18. The Morgan fingerprint density at radius 2 is 1.89 bits per heavy atom. The molecule has 0 unspecified atom stereocenters. The van der Waals surface area contributed by atoms with Gasteiger partial charge in [-0.15, -0.1) is 0 Å². The van der Waals surface area contributed by atoms with Gasteiger partial charge in [0.2, 0.25) is 0 Å². The van der Waals surface area contributed by atoms with Crippen LogP contribution in [-0.2, 0) is 13.0 Å². The molecule has 0 bridgehead atoms. The maximum atomic E-state index is 5.69. The third-order valence-electron chi connectivity index (χ3n) is 3.39. The minimum Gasteiger partial charge on any atom is -0.347 e. The standard InChI is InChI=1S/C16H24N2/c1-16(2,3)9-11-18-12-13(8-10-17)14-6-4-5-7-15(14)18/h4-7,12H,8-11,17H2,1-3H3. The van der Waals surface area contributed by atoms with E-state index in [1.165, 1.54) is 22.9 Å². The van der Waals surface area contributed by atoms with Gasteiger partial charge in [-0.05, 0) is 36.4 Å². The minimum absolute atomic E-state index is 0.374. The summed E-state index contributed by atoms with van der Waals surface area (Å²) in [6.45, 7) is 8.67. The van der Waals surface area contributed by atoms with E-state index in [0.29, 0.717) is 12.0 Å². The Balaban J connectivity index is 2.32. The predicted molar refractivity (Wildman–Crippen MR) is 78.8 cm³/mol. The van der Waals surface area contributed by atoms with Crippen molar-refractivity contribution < 1.29 is 0 Å². The Labute approximate surface area is 110 Å². The molecule has 2 heteroatoms. The molecular weight excluding hydrogens is 220 g/mol. The van der Waals surface area contributed by atoms with Crippen molar-refractivity contribution in [1.29, 1.82) is 0 Å². The molecule has 0 radical (unpaired) electrons. The zero-order valence-corrected chi connectivity index (χ0v) is 11.7. The molecule has 2 nitrogen and oxygen atoms in total. The second-order valence-corrected chi connectivity index (χ2v) is 6.21. The molecule has 2 aromatic rings. The highest BCUT2D eigenvalue weighted by atomic mass is 15.0. The van der Waals surface area contributed by atoms with Gasteiger partial charge < -0.3 is 10.3 Å². The zero-order chi connectivity index (χ0) is 13.2. The van der Waals surface area contributed by atoms with Crippen LogP contribution in [0.3, 0.4) is 0 Å². The largest absolute Gasteiger partial charge is 0.347 e. The van der Waals surface area contributed by atoms with E-state index < -0.39 is 0 Å². The number of hydrogen-bond donors (Lipinski definition) is 1. The van der Waals surface area contributed by atoms with Crippen molar-refractivity contribution >= 4 is 10.9 Å². The first kappa shape index (κ1) is 13.2. The molecule has 0 saturated carbocycles. The highest BCUT2D eigenvalue weighted by molar-refractivity contribution is 5.84. The topological polar surface area (TPSA) is 30.9 Å². The second-order valence-electron chi connectivity index (χ2n) is 6.21. The van der Waals surface area contributed by atoms with Gasteiger partial charge in [-0.2, -0.15) is 0 Å². The summed E-state index contributed by atoms with van der Waals surface area (Å²) in [7, 11) is 0. The van der Waals surface area contributed by atoms with E-state index in [9.17, 15) is 0 Å². The van der Waals surface area contributed by atoms with Crippen molar-refractivity contribution in [3.8, 4) is 0 Å². The third-order valence-corrected chi connectivity index (χ3v) is 3.39.